The highest BCUT2D eigenvalue weighted by Gasteiger charge is 2.14. The Morgan fingerprint density at radius 1 is 1.22 bits per heavy atom. The zero-order chi connectivity index (χ0) is 17.3. The number of ether oxygens (including phenoxy) is 1. The summed E-state index contributed by atoms with van der Waals surface area (Å²) in [6.07, 6.45) is 3.55. The molecule has 0 bridgehead atoms. The van der Waals surface area contributed by atoms with Crippen LogP contribution in [0.5, 0.6) is 0 Å². The molecule has 5 nitrogen and oxygen atoms in total. The van der Waals surface area contributed by atoms with Crippen molar-refractivity contribution in [1.29, 1.82) is 0 Å². The number of nitrogens with one attached hydrogen (secondary N) is 2. The largest absolute Gasteiger partial charge is 0.444 e. The minimum Gasteiger partial charge on any atom is -0.444 e. The number of carbonyl (C=O) groups is 2. The van der Waals surface area contributed by atoms with Crippen LogP contribution in [0.1, 0.15) is 32.8 Å². The van der Waals surface area contributed by atoms with Crippen LogP contribution in [0.3, 0.4) is 0 Å². The van der Waals surface area contributed by atoms with Gasteiger partial charge in [-0.15, -0.1) is 11.6 Å². The number of hydrogen-bond acceptors (Lipinski definition) is 3. The summed E-state index contributed by atoms with van der Waals surface area (Å²) < 4.78 is 5.13. The molecule has 0 aliphatic heterocycles. The second-order valence-corrected chi connectivity index (χ2v) is 6.27. The number of rotatable bonds is 6. The molecule has 0 fully saturated rings. The highest BCUT2D eigenvalue weighted by Crippen LogP contribution is 2.11. The Bertz CT molecular complexity index is 548. The fraction of sp³-hybridized carbons (Fsp3) is 0.412. The molecular formula is C17H23ClN2O3. The van der Waals surface area contributed by atoms with Crippen LogP contribution in [0.4, 0.5) is 10.5 Å². The summed E-state index contributed by atoms with van der Waals surface area (Å²) in [4.78, 5) is 22.9. The van der Waals surface area contributed by atoms with E-state index in [-0.39, 0.29) is 5.91 Å². The number of benzene rings is 1. The maximum absolute atomic E-state index is 11.5. The van der Waals surface area contributed by atoms with E-state index >= 15 is 0 Å². The Morgan fingerprint density at radius 2 is 1.87 bits per heavy atom. The van der Waals surface area contributed by atoms with Gasteiger partial charge in [-0.3, -0.25) is 4.79 Å². The third-order valence-corrected chi connectivity index (χ3v) is 2.78. The Morgan fingerprint density at radius 3 is 2.43 bits per heavy atom. The summed E-state index contributed by atoms with van der Waals surface area (Å²) in [5, 5.41) is 5.40. The average Bonchev–Trinajstić information content (AvgIpc) is 2.43. The molecule has 6 heteroatoms. The Kier molecular flexibility index (Phi) is 7.62. The zero-order valence-electron chi connectivity index (χ0n) is 13.7. The number of alkyl halides is 1. The third-order valence-electron chi connectivity index (χ3n) is 2.59. The molecule has 126 valence electrons. The maximum atomic E-state index is 11.5. The van der Waals surface area contributed by atoms with Crippen LogP contribution in [0.2, 0.25) is 0 Å². The van der Waals surface area contributed by atoms with Crippen molar-refractivity contribution in [2.45, 2.75) is 32.8 Å². The molecule has 0 aliphatic rings. The van der Waals surface area contributed by atoms with Crippen molar-refractivity contribution in [3.8, 4) is 0 Å². The smallest absolute Gasteiger partial charge is 0.407 e. The van der Waals surface area contributed by atoms with E-state index in [1.807, 2.05) is 57.2 Å². The lowest BCUT2D eigenvalue weighted by Gasteiger charge is -2.19. The second-order valence-electron chi connectivity index (χ2n) is 5.89. The molecule has 2 amide bonds. The monoisotopic (exact) mass is 338 g/mol. The van der Waals surface area contributed by atoms with E-state index < -0.39 is 11.7 Å². The normalized spacial score (nSPS) is 11.3. The van der Waals surface area contributed by atoms with Crippen LogP contribution in [0.25, 0.3) is 6.08 Å². The number of carbonyl (C=O) groups excluding carboxylic acids is 2. The summed E-state index contributed by atoms with van der Waals surface area (Å²) in [5.74, 6) is 0.196. The lowest BCUT2D eigenvalue weighted by Crippen LogP contribution is -2.32. The zero-order valence-corrected chi connectivity index (χ0v) is 14.4. The second kappa shape index (κ2) is 9.20. The van der Waals surface area contributed by atoms with Gasteiger partial charge in [0.2, 0.25) is 5.91 Å². The number of hydrogen-bond donors (Lipinski definition) is 2. The fourth-order valence-electron chi connectivity index (χ4n) is 1.64. The highest BCUT2D eigenvalue weighted by molar-refractivity contribution is 6.19. The third kappa shape index (κ3) is 8.88. The van der Waals surface area contributed by atoms with Gasteiger partial charge in [-0.1, -0.05) is 24.3 Å². The molecule has 1 aromatic carbocycles. The van der Waals surface area contributed by atoms with Crippen LogP contribution >= 0.6 is 11.6 Å². The van der Waals surface area contributed by atoms with E-state index in [4.69, 9.17) is 16.3 Å². The first-order valence-corrected chi connectivity index (χ1v) is 7.93. The first kappa shape index (κ1) is 19.0. The molecule has 0 unspecified atom stereocenters. The van der Waals surface area contributed by atoms with Gasteiger partial charge >= 0.3 is 6.09 Å². The lowest BCUT2D eigenvalue weighted by atomic mass is 10.2. The van der Waals surface area contributed by atoms with Gasteiger partial charge in [0, 0.05) is 24.5 Å². The lowest BCUT2D eigenvalue weighted by molar-refractivity contribution is -0.115. The SMILES string of the molecule is CC(C)(C)OC(=O)NCC=Cc1ccc(NC(=O)CCCl)cc1. The number of anilines is 1. The topological polar surface area (TPSA) is 67.4 Å². The van der Waals surface area contributed by atoms with Crippen LogP contribution < -0.4 is 10.6 Å². The van der Waals surface area contributed by atoms with Crippen LogP contribution in [0, 0.1) is 0 Å². The van der Waals surface area contributed by atoms with Gasteiger partial charge in [0.25, 0.3) is 0 Å². The van der Waals surface area contributed by atoms with Crippen molar-refractivity contribution >= 4 is 35.4 Å². The minimum absolute atomic E-state index is 0.107. The minimum atomic E-state index is -0.502. The summed E-state index contributed by atoms with van der Waals surface area (Å²) in [5.41, 5.74) is 1.19. The first-order valence-electron chi connectivity index (χ1n) is 7.39. The Hall–Kier alpha value is -2.01. The Balaban J connectivity index is 2.40. The van der Waals surface area contributed by atoms with Crippen LogP contribution in [-0.4, -0.2) is 30.0 Å². The molecule has 0 saturated carbocycles. The van der Waals surface area contributed by atoms with E-state index in [2.05, 4.69) is 10.6 Å². The van der Waals surface area contributed by atoms with Gasteiger partial charge < -0.3 is 15.4 Å². The van der Waals surface area contributed by atoms with Crippen LogP contribution in [-0.2, 0) is 9.53 Å². The molecule has 0 radical (unpaired) electrons. The fourth-order valence-corrected chi connectivity index (χ4v) is 1.81. The summed E-state index contributed by atoms with van der Waals surface area (Å²) in [6.45, 7) is 5.82. The molecule has 0 heterocycles. The standard InChI is InChI=1S/C17H23ClN2O3/c1-17(2,3)23-16(22)19-12-4-5-13-6-8-14(9-7-13)20-15(21)10-11-18/h4-9H,10-12H2,1-3H3,(H,19,22)(H,20,21). The maximum Gasteiger partial charge on any atom is 0.407 e. The van der Waals surface area contributed by atoms with Crippen molar-refractivity contribution in [1.82, 2.24) is 5.32 Å². The van der Waals surface area contributed by atoms with Gasteiger partial charge in [0.15, 0.2) is 0 Å². The number of amides is 2. The molecule has 2 N–H and O–H groups in total. The van der Waals surface area contributed by atoms with Crippen LogP contribution in [0.15, 0.2) is 30.3 Å². The van der Waals surface area contributed by atoms with E-state index in [9.17, 15) is 9.59 Å². The van der Waals surface area contributed by atoms with Gasteiger partial charge in [0.1, 0.15) is 5.60 Å². The van der Waals surface area contributed by atoms with E-state index in [0.29, 0.717) is 18.8 Å². The predicted octanol–water partition coefficient (Wildman–Crippen LogP) is 3.79. The summed E-state index contributed by atoms with van der Waals surface area (Å²) in [6, 6.07) is 7.38. The van der Waals surface area contributed by atoms with E-state index in [1.54, 1.807) is 0 Å². The predicted molar refractivity (Wildman–Crippen MR) is 93.7 cm³/mol. The van der Waals surface area contributed by atoms with Crippen molar-refractivity contribution in [2.75, 3.05) is 17.7 Å². The number of alkyl carbamates (subject to hydrolysis) is 1. The molecule has 0 aliphatic carbocycles. The highest BCUT2D eigenvalue weighted by atomic mass is 35.5. The molecule has 0 saturated heterocycles. The first-order chi connectivity index (χ1) is 10.8. The van der Waals surface area contributed by atoms with Crippen molar-refractivity contribution in [3.05, 3.63) is 35.9 Å². The summed E-state index contributed by atoms with van der Waals surface area (Å²) >= 11 is 5.51. The van der Waals surface area contributed by atoms with E-state index in [0.717, 1.165) is 11.3 Å². The van der Waals surface area contributed by atoms with Crippen molar-refractivity contribution in [2.24, 2.45) is 0 Å². The molecule has 1 rings (SSSR count). The quantitative estimate of drug-likeness (QED) is 0.775. The molecule has 1 aromatic rings. The van der Waals surface area contributed by atoms with Crippen molar-refractivity contribution < 1.29 is 14.3 Å². The van der Waals surface area contributed by atoms with E-state index in [1.165, 1.54) is 0 Å². The molecule has 0 aromatic heterocycles. The van der Waals surface area contributed by atoms with Gasteiger partial charge in [-0.05, 0) is 38.5 Å². The van der Waals surface area contributed by atoms with Crippen molar-refractivity contribution in [3.63, 3.8) is 0 Å². The van der Waals surface area contributed by atoms with Gasteiger partial charge in [-0.25, -0.2) is 4.79 Å². The van der Waals surface area contributed by atoms with Gasteiger partial charge in [0.05, 0.1) is 0 Å². The Labute approximate surface area is 142 Å². The average molecular weight is 339 g/mol. The van der Waals surface area contributed by atoms with Gasteiger partial charge in [-0.2, -0.15) is 0 Å². The summed E-state index contributed by atoms with van der Waals surface area (Å²) in [7, 11) is 0. The molecule has 23 heavy (non-hydrogen) atoms. The molecule has 0 spiro atoms. The molecule has 0 atom stereocenters. The molecular weight excluding hydrogens is 316 g/mol. The number of halogens is 1.